The van der Waals surface area contributed by atoms with Crippen molar-refractivity contribution in [1.29, 1.82) is 0 Å². The van der Waals surface area contributed by atoms with Gasteiger partial charge in [0.05, 0.1) is 24.4 Å². The molecule has 1 fully saturated rings. The van der Waals surface area contributed by atoms with Crippen LogP contribution in [0.15, 0.2) is 22.7 Å². The van der Waals surface area contributed by atoms with Gasteiger partial charge in [-0.2, -0.15) is 0 Å². The molecule has 104 valence electrons. The standard InChI is InChI=1S/C13H16BrFN2O2/c1-8-9(2)19-6-5-17(8)13(18)16-12-7-10(15)3-4-11(12)14/h3-4,7-9H,5-6H2,1-2H3,(H,16,18)/t8-,9+/m1/s1. The quantitative estimate of drug-likeness (QED) is 0.858. The number of carbonyl (C=O) groups is 1. The van der Waals surface area contributed by atoms with Gasteiger partial charge in [-0.05, 0) is 48.0 Å². The molecule has 2 amide bonds. The van der Waals surface area contributed by atoms with Gasteiger partial charge in [0, 0.05) is 11.0 Å². The average molecular weight is 331 g/mol. The molecule has 0 radical (unpaired) electrons. The number of hydrogen-bond donors (Lipinski definition) is 1. The number of rotatable bonds is 1. The summed E-state index contributed by atoms with van der Waals surface area (Å²) in [6.07, 6.45) is -0.00421. The third-order valence-corrected chi connectivity index (χ3v) is 4.01. The van der Waals surface area contributed by atoms with E-state index in [1.165, 1.54) is 12.1 Å². The van der Waals surface area contributed by atoms with Crippen molar-refractivity contribution < 1.29 is 13.9 Å². The molecule has 1 N–H and O–H groups in total. The fourth-order valence-electron chi connectivity index (χ4n) is 2.00. The van der Waals surface area contributed by atoms with Crippen molar-refractivity contribution >= 4 is 27.6 Å². The van der Waals surface area contributed by atoms with Gasteiger partial charge in [0.1, 0.15) is 5.82 Å². The highest BCUT2D eigenvalue weighted by molar-refractivity contribution is 9.10. The Morgan fingerprint density at radius 2 is 2.26 bits per heavy atom. The lowest BCUT2D eigenvalue weighted by Crippen LogP contribution is -2.52. The number of hydrogen-bond acceptors (Lipinski definition) is 2. The van der Waals surface area contributed by atoms with Crippen LogP contribution in [0.5, 0.6) is 0 Å². The maximum Gasteiger partial charge on any atom is 0.322 e. The van der Waals surface area contributed by atoms with Crippen LogP contribution in [0, 0.1) is 5.82 Å². The molecule has 4 nitrogen and oxygen atoms in total. The fraction of sp³-hybridized carbons (Fsp3) is 0.462. The molecule has 1 aromatic rings. The molecule has 0 aliphatic carbocycles. The van der Waals surface area contributed by atoms with E-state index in [4.69, 9.17) is 4.74 Å². The highest BCUT2D eigenvalue weighted by Crippen LogP contribution is 2.24. The first kappa shape index (κ1) is 14.3. The lowest BCUT2D eigenvalue weighted by Gasteiger charge is -2.37. The van der Waals surface area contributed by atoms with Crippen LogP contribution in [-0.4, -0.2) is 36.2 Å². The van der Waals surface area contributed by atoms with Crippen molar-refractivity contribution in [3.05, 3.63) is 28.5 Å². The molecule has 1 aliphatic heterocycles. The molecule has 1 saturated heterocycles. The lowest BCUT2D eigenvalue weighted by molar-refractivity contribution is -0.0355. The summed E-state index contributed by atoms with van der Waals surface area (Å²) in [7, 11) is 0. The van der Waals surface area contributed by atoms with Crippen LogP contribution in [-0.2, 0) is 4.74 Å². The van der Waals surface area contributed by atoms with Crippen LogP contribution in [0.2, 0.25) is 0 Å². The summed E-state index contributed by atoms with van der Waals surface area (Å²) in [4.78, 5) is 13.9. The van der Waals surface area contributed by atoms with Crippen LogP contribution in [0.4, 0.5) is 14.9 Å². The molecular weight excluding hydrogens is 315 g/mol. The highest BCUT2D eigenvalue weighted by Gasteiger charge is 2.29. The zero-order valence-electron chi connectivity index (χ0n) is 10.8. The number of halogens is 2. The second-order valence-corrected chi connectivity index (χ2v) is 5.42. The van der Waals surface area contributed by atoms with E-state index < -0.39 is 0 Å². The van der Waals surface area contributed by atoms with Gasteiger partial charge in [-0.3, -0.25) is 0 Å². The van der Waals surface area contributed by atoms with Crippen LogP contribution < -0.4 is 5.32 Å². The molecule has 0 unspecified atom stereocenters. The van der Waals surface area contributed by atoms with Crippen LogP contribution >= 0.6 is 15.9 Å². The Kier molecular flexibility index (Phi) is 4.42. The zero-order valence-corrected chi connectivity index (χ0v) is 12.4. The first-order valence-electron chi connectivity index (χ1n) is 6.13. The van der Waals surface area contributed by atoms with Gasteiger partial charge in [-0.1, -0.05) is 0 Å². The average Bonchev–Trinajstić information content (AvgIpc) is 2.37. The summed E-state index contributed by atoms with van der Waals surface area (Å²) in [5.74, 6) is -0.387. The predicted octanol–water partition coefficient (Wildman–Crippen LogP) is 3.23. The first-order valence-corrected chi connectivity index (χ1v) is 6.92. The topological polar surface area (TPSA) is 41.6 Å². The molecule has 0 bridgehead atoms. The van der Waals surface area contributed by atoms with E-state index in [1.807, 2.05) is 13.8 Å². The lowest BCUT2D eigenvalue weighted by atomic mass is 10.1. The zero-order chi connectivity index (χ0) is 14.0. The summed E-state index contributed by atoms with van der Waals surface area (Å²) in [6.45, 7) is 4.92. The molecule has 1 aromatic carbocycles. The normalized spacial score (nSPS) is 23.3. The van der Waals surface area contributed by atoms with Crippen LogP contribution in [0.25, 0.3) is 0 Å². The van der Waals surface area contributed by atoms with Gasteiger partial charge in [0.2, 0.25) is 0 Å². The van der Waals surface area contributed by atoms with Gasteiger partial charge in [-0.15, -0.1) is 0 Å². The van der Waals surface area contributed by atoms with Gasteiger partial charge in [0.25, 0.3) is 0 Å². The Morgan fingerprint density at radius 1 is 1.53 bits per heavy atom. The number of carbonyl (C=O) groups excluding carboxylic acids is 1. The van der Waals surface area contributed by atoms with E-state index in [0.29, 0.717) is 23.3 Å². The second-order valence-electron chi connectivity index (χ2n) is 4.56. The predicted molar refractivity (Wildman–Crippen MR) is 74.7 cm³/mol. The van der Waals surface area contributed by atoms with E-state index in [9.17, 15) is 9.18 Å². The third kappa shape index (κ3) is 3.25. The molecular formula is C13H16BrFN2O2. The van der Waals surface area contributed by atoms with Crippen molar-refractivity contribution in [2.45, 2.75) is 26.0 Å². The van der Waals surface area contributed by atoms with Crippen LogP contribution in [0.1, 0.15) is 13.8 Å². The number of ether oxygens (including phenoxy) is 1. The van der Waals surface area contributed by atoms with Crippen molar-refractivity contribution in [1.82, 2.24) is 4.90 Å². The molecule has 6 heteroatoms. The molecule has 0 aromatic heterocycles. The maximum absolute atomic E-state index is 13.2. The fourth-order valence-corrected chi connectivity index (χ4v) is 2.35. The van der Waals surface area contributed by atoms with Gasteiger partial charge >= 0.3 is 6.03 Å². The summed E-state index contributed by atoms with van der Waals surface area (Å²) in [5, 5.41) is 2.72. The third-order valence-electron chi connectivity index (χ3n) is 3.31. The molecule has 2 atom stereocenters. The Labute approximate surface area is 120 Å². The second kappa shape index (κ2) is 5.88. The van der Waals surface area contributed by atoms with Crippen molar-refractivity contribution in [3.8, 4) is 0 Å². The van der Waals surface area contributed by atoms with E-state index in [2.05, 4.69) is 21.2 Å². The highest BCUT2D eigenvalue weighted by atomic mass is 79.9. The van der Waals surface area contributed by atoms with E-state index in [-0.39, 0.29) is 24.0 Å². The monoisotopic (exact) mass is 330 g/mol. The largest absolute Gasteiger partial charge is 0.375 e. The molecule has 0 saturated carbocycles. The summed E-state index contributed by atoms with van der Waals surface area (Å²) in [6, 6.07) is 3.93. The Morgan fingerprint density at radius 3 is 3.00 bits per heavy atom. The van der Waals surface area contributed by atoms with Gasteiger partial charge in [-0.25, -0.2) is 9.18 Å². The first-order chi connectivity index (χ1) is 8.99. The smallest absolute Gasteiger partial charge is 0.322 e. The SMILES string of the molecule is C[C@@H]1OCCN(C(=O)Nc2cc(F)ccc2Br)[C@@H]1C. The van der Waals surface area contributed by atoms with Gasteiger partial charge < -0.3 is 15.0 Å². The van der Waals surface area contributed by atoms with E-state index in [0.717, 1.165) is 0 Å². The number of urea groups is 1. The van der Waals surface area contributed by atoms with Crippen LogP contribution in [0.3, 0.4) is 0 Å². The summed E-state index contributed by atoms with van der Waals surface area (Å²) >= 11 is 3.29. The van der Waals surface area contributed by atoms with Gasteiger partial charge in [0.15, 0.2) is 0 Å². The minimum atomic E-state index is -0.387. The molecule has 2 rings (SSSR count). The minimum Gasteiger partial charge on any atom is -0.375 e. The number of nitrogens with one attached hydrogen (secondary N) is 1. The molecule has 19 heavy (non-hydrogen) atoms. The van der Waals surface area contributed by atoms with Crippen molar-refractivity contribution in [3.63, 3.8) is 0 Å². The Hall–Kier alpha value is -1.14. The Balaban J connectivity index is 2.10. The molecule has 1 aliphatic rings. The van der Waals surface area contributed by atoms with Crippen molar-refractivity contribution in [2.75, 3.05) is 18.5 Å². The molecule has 1 heterocycles. The maximum atomic E-state index is 13.2. The number of amides is 2. The van der Waals surface area contributed by atoms with E-state index >= 15 is 0 Å². The summed E-state index contributed by atoms with van der Waals surface area (Å²) in [5.41, 5.74) is 0.427. The number of morpholine rings is 1. The summed E-state index contributed by atoms with van der Waals surface area (Å²) < 4.78 is 19.3. The number of nitrogens with zero attached hydrogens (tertiary/aromatic N) is 1. The number of benzene rings is 1. The minimum absolute atomic E-state index is 0.00421. The Bertz CT molecular complexity index is 484. The molecule has 0 spiro atoms. The van der Waals surface area contributed by atoms with Crippen molar-refractivity contribution in [2.24, 2.45) is 0 Å². The van der Waals surface area contributed by atoms with E-state index in [1.54, 1.807) is 11.0 Å². The number of anilines is 1.